The van der Waals surface area contributed by atoms with E-state index >= 15 is 0 Å². The molecule has 0 radical (unpaired) electrons. The lowest BCUT2D eigenvalue weighted by Crippen LogP contribution is -2.30. The number of rotatable bonds is 6. The van der Waals surface area contributed by atoms with Crippen molar-refractivity contribution in [2.24, 2.45) is 0 Å². The van der Waals surface area contributed by atoms with Crippen LogP contribution in [0, 0.1) is 0 Å². The first-order valence-corrected chi connectivity index (χ1v) is 11.6. The maximum Gasteiger partial charge on any atom is 0.323 e. The zero-order chi connectivity index (χ0) is 23.5. The molecular formula is C28H29N5O. The third-order valence-corrected chi connectivity index (χ3v) is 6.31. The number of urea groups is 1. The molecule has 0 saturated carbocycles. The minimum absolute atomic E-state index is 0.246. The van der Waals surface area contributed by atoms with Crippen LogP contribution in [0.25, 0.3) is 21.9 Å². The lowest BCUT2D eigenvalue weighted by atomic mass is 9.98. The van der Waals surface area contributed by atoms with Crippen molar-refractivity contribution >= 4 is 33.9 Å². The van der Waals surface area contributed by atoms with E-state index in [1.54, 1.807) is 12.4 Å². The molecule has 0 spiro atoms. The summed E-state index contributed by atoms with van der Waals surface area (Å²) in [5.74, 6) is 0. The van der Waals surface area contributed by atoms with Gasteiger partial charge >= 0.3 is 6.03 Å². The third-order valence-electron chi connectivity index (χ3n) is 6.31. The molecule has 0 saturated heterocycles. The molecule has 3 aromatic carbocycles. The van der Waals surface area contributed by atoms with Crippen LogP contribution in [0.5, 0.6) is 0 Å². The molecule has 1 aliphatic rings. The second-order valence-electron chi connectivity index (χ2n) is 8.91. The Labute approximate surface area is 200 Å². The van der Waals surface area contributed by atoms with Crippen molar-refractivity contribution in [3.8, 4) is 11.1 Å². The average molecular weight is 452 g/mol. The first-order chi connectivity index (χ1) is 16.6. The molecule has 0 aliphatic carbocycles. The summed E-state index contributed by atoms with van der Waals surface area (Å²) >= 11 is 0. The largest absolute Gasteiger partial charge is 0.370 e. The number of pyridine rings is 1. The number of hydrogen-bond acceptors (Lipinski definition) is 4. The summed E-state index contributed by atoms with van der Waals surface area (Å²) in [5, 5.41) is 8.14. The molecule has 2 N–H and O–H groups in total. The van der Waals surface area contributed by atoms with E-state index in [1.165, 1.54) is 11.3 Å². The highest BCUT2D eigenvalue weighted by molar-refractivity contribution is 6.09. The van der Waals surface area contributed by atoms with Gasteiger partial charge in [0.25, 0.3) is 0 Å². The fraction of sp³-hybridized carbons (Fsp3) is 0.214. The predicted octanol–water partition coefficient (Wildman–Crippen LogP) is 5.47. The first-order valence-electron chi connectivity index (χ1n) is 11.6. The van der Waals surface area contributed by atoms with Crippen molar-refractivity contribution < 1.29 is 4.79 Å². The van der Waals surface area contributed by atoms with Gasteiger partial charge in [0, 0.05) is 48.8 Å². The molecule has 0 unspecified atom stereocenters. The Hall–Kier alpha value is -3.90. The molecule has 2 amide bonds. The number of amides is 2. The van der Waals surface area contributed by atoms with Gasteiger partial charge in [0.1, 0.15) is 0 Å². The van der Waals surface area contributed by atoms with Gasteiger partial charge in [-0.15, -0.1) is 0 Å². The van der Waals surface area contributed by atoms with Crippen LogP contribution < -0.4 is 15.5 Å². The number of anilines is 3. The number of benzene rings is 3. The Kier molecular flexibility index (Phi) is 6.14. The van der Waals surface area contributed by atoms with Crippen molar-refractivity contribution in [2.75, 3.05) is 49.3 Å². The molecule has 34 heavy (non-hydrogen) atoms. The molecule has 1 aromatic heterocycles. The van der Waals surface area contributed by atoms with Crippen LogP contribution in [0.4, 0.5) is 21.9 Å². The van der Waals surface area contributed by atoms with E-state index in [0.29, 0.717) is 0 Å². The van der Waals surface area contributed by atoms with Gasteiger partial charge in [-0.05, 0) is 79.0 Å². The number of nitrogens with one attached hydrogen (secondary N) is 2. The summed E-state index contributed by atoms with van der Waals surface area (Å²) in [4.78, 5) is 21.6. The zero-order valence-corrected chi connectivity index (χ0v) is 19.6. The van der Waals surface area contributed by atoms with E-state index in [0.717, 1.165) is 59.3 Å². The second kappa shape index (κ2) is 9.53. The maximum atomic E-state index is 12.9. The predicted molar refractivity (Wildman–Crippen MR) is 141 cm³/mol. The van der Waals surface area contributed by atoms with Gasteiger partial charge in [-0.2, -0.15) is 0 Å². The lowest BCUT2D eigenvalue weighted by Gasteiger charge is -2.21. The smallest absolute Gasteiger partial charge is 0.323 e. The highest BCUT2D eigenvalue weighted by Gasteiger charge is 2.19. The molecular weight excluding hydrogens is 422 g/mol. The van der Waals surface area contributed by atoms with Crippen LogP contribution >= 0.6 is 0 Å². The number of carbonyl (C=O) groups excluding carboxylic acids is 1. The van der Waals surface area contributed by atoms with E-state index in [-0.39, 0.29) is 6.03 Å². The van der Waals surface area contributed by atoms with E-state index in [2.05, 4.69) is 57.7 Å². The summed E-state index contributed by atoms with van der Waals surface area (Å²) in [6.45, 7) is 3.06. The SMILES string of the molecule is CN(C)CCN1CCc2cc(NC(=O)Nc3ccc(-c4ccncc4)c4ccccc34)ccc21. The number of hydrogen-bond donors (Lipinski definition) is 2. The molecule has 0 bridgehead atoms. The minimum Gasteiger partial charge on any atom is -0.370 e. The van der Waals surface area contributed by atoms with Gasteiger partial charge in [-0.1, -0.05) is 30.3 Å². The Bertz CT molecular complexity index is 1320. The number of carbonyl (C=O) groups is 1. The summed E-state index contributed by atoms with van der Waals surface area (Å²) in [7, 11) is 4.19. The third kappa shape index (κ3) is 4.58. The van der Waals surface area contributed by atoms with Gasteiger partial charge in [0.2, 0.25) is 0 Å². The lowest BCUT2D eigenvalue weighted by molar-refractivity contribution is 0.262. The van der Waals surface area contributed by atoms with Crippen LogP contribution in [0.1, 0.15) is 5.56 Å². The Morgan fingerprint density at radius 3 is 2.56 bits per heavy atom. The molecule has 5 rings (SSSR count). The van der Waals surface area contributed by atoms with Crippen molar-refractivity contribution in [2.45, 2.75) is 6.42 Å². The summed E-state index contributed by atoms with van der Waals surface area (Å²) in [6.07, 6.45) is 4.59. The van der Waals surface area contributed by atoms with Gasteiger partial charge in [0.15, 0.2) is 0 Å². The standard InChI is InChI=1S/C28H29N5O/c1-32(2)17-18-33-16-13-21-19-22(7-10-27(21)33)30-28(34)31-26-9-8-23(20-11-14-29-15-12-20)24-5-3-4-6-25(24)26/h3-12,14-15,19H,13,16-18H2,1-2H3,(H2,30,31,34). The number of aromatic nitrogens is 1. The summed E-state index contributed by atoms with van der Waals surface area (Å²) in [5.41, 5.74) is 6.35. The van der Waals surface area contributed by atoms with Gasteiger partial charge in [0.05, 0.1) is 5.69 Å². The van der Waals surface area contributed by atoms with Gasteiger partial charge in [-0.25, -0.2) is 4.79 Å². The van der Waals surface area contributed by atoms with Crippen LogP contribution in [0.15, 0.2) is 79.1 Å². The second-order valence-corrected chi connectivity index (χ2v) is 8.91. The van der Waals surface area contributed by atoms with Crippen LogP contribution in [0.3, 0.4) is 0 Å². The van der Waals surface area contributed by atoms with E-state index in [4.69, 9.17) is 0 Å². The van der Waals surface area contributed by atoms with E-state index in [1.807, 2.05) is 48.5 Å². The van der Waals surface area contributed by atoms with Crippen LogP contribution in [0.2, 0.25) is 0 Å². The number of nitrogens with zero attached hydrogens (tertiary/aromatic N) is 3. The molecule has 6 heteroatoms. The Morgan fingerprint density at radius 1 is 0.971 bits per heavy atom. The summed E-state index contributed by atoms with van der Waals surface area (Å²) < 4.78 is 0. The highest BCUT2D eigenvalue weighted by atomic mass is 16.2. The number of fused-ring (bicyclic) bond motifs is 2. The maximum absolute atomic E-state index is 12.9. The quantitative estimate of drug-likeness (QED) is 0.408. The van der Waals surface area contributed by atoms with Crippen molar-refractivity contribution in [3.63, 3.8) is 0 Å². The van der Waals surface area contributed by atoms with Gasteiger partial charge < -0.3 is 20.4 Å². The summed E-state index contributed by atoms with van der Waals surface area (Å²) in [6, 6.07) is 22.1. The van der Waals surface area contributed by atoms with E-state index in [9.17, 15) is 4.79 Å². The topological polar surface area (TPSA) is 60.5 Å². The van der Waals surface area contributed by atoms with Crippen molar-refractivity contribution in [3.05, 3.63) is 84.7 Å². The Balaban J connectivity index is 1.32. The zero-order valence-electron chi connectivity index (χ0n) is 19.6. The minimum atomic E-state index is -0.246. The molecule has 172 valence electrons. The first kappa shape index (κ1) is 21.9. The van der Waals surface area contributed by atoms with Crippen LogP contribution in [-0.2, 0) is 6.42 Å². The molecule has 0 fully saturated rings. The Morgan fingerprint density at radius 2 is 1.76 bits per heavy atom. The van der Waals surface area contributed by atoms with Crippen LogP contribution in [-0.4, -0.2) is 49.6 Å². The van der Waals surface area contributed by atoms with Gasteiger partial charge in [-0.3, -0.25) is 4.98 Å². The normalized spacial score (nSPS) is 12.7. The fourth-order valence-electron chi connectivity index (χ4n) is 4.58. The monoisotopic (exact) mass is 451 g/mol. The van der Waals surface area contributed by atoms with E-state index < -0.39 is 0 Å². The molecule has 2 heterocycles. The average Bonchev–Trinajstić information content (AvgIpc) is 3.25. The number of likely N-dealkylation sites (N-methyl/N-ethyl adjacent to an activating group) is 1. The molecule has 0 atom stereocenters. The fourth-order valence-corrected chi connectivity index (χ4v) is 4.58. The molecule has 4 aromatic rings. The van der Waals surface area contributed by atoms with Crippen molar-refractivity contribution in [1.82, 2.24) is 9.88 Å². The molecule has 1 aliphatic heterocycles. The highest BCUT2D eigenvalue weighted by Crippen LogP contribution is 2.33. The van der Waals surface area contributed by atoms with Crippen molar-refractivity contribution in [1.29, 1.82) is 0 Å². The molecule has 6 nitrogen and oxygen atoms in total.